The Kier molecular flexibility index (Phi) is 10.2. The maximum Gasteiger partial charge on any atom is -0.00257 e. The molecule has 0 radical (unpaired) electrons. The lowest BCUT2D eigenvalue weighted by Gasteiger charge is -2.17. The molecule has 0 amide bonds. The second kappa shape index (κ2) is 13.8. The average Bonchev–Trinajstić information content (AvgIpc) is 3.41. The maximum atomic E-state index is 4.46. The van der Waals surface area contributed by atoms with Crippen molar-refractivity contribution in [2.24, 2.45) is 5.92 Å². The van der Waals surface area contributed by atoms with Gasteiger partial charge in [0.25, 0.3) is 0 Å². The number of aryl methyl sites for hydroxylation is 2. The van der Waals surface area contributed by atoms with Crippen molar-refractivity contribution < 1.29 is 0 Å². The summed E-state index contributed by atoms with van der Waals surface area (Å²) in [7, 11) is 0. The fourth-order valence-corrected chi connectivity index (χ4v) is 5.78. The van der Waals surface area contributed by atoms with Crippen LogP contribution in [0.25, 0.3) is 11.1 Å². The van der Waals surface area contributed by atoms with Gasteiger partial charge in [-0.25, -0.2) is 0 Å². The first-order valence-electron chi connectivity index (χ1n) is 15.2. The molecule has 0 spiro atoms. The summed E-state index contributed by atoms with van der Waals surface area (Å²) in [6.07, 6.45) is 13.9. The van der Waals surface area contributed by atoms with Crippen LogP contribution in [0.2, 0.25) is 0 Å². The lowest BCUT2D eigenvalue weighted by Crippen LogP contribution is -2.02. The number of unbranched alkanes of at least 4 members (excludes halogenated alkanes) is 1. The van der Waals surface area contributed by atoms with Gasteiger partial charge in [-0.2, -0.15) is 0 Å². The van der Waals surface area contributed by atoms with Crippen LogP contribution in [0.4, 0.5) is 0 Å². The summed E-state index contributed by atoms with van der Waals surface area (Å²) < 4.78 is 0. The van der Waals surface area contributed by atoms with Crippen LogP contribution in [0.5, 0.6) is 0 Å². The SMILES string of the molecule is C=C(CC1=CC(c2ccc(C)c(CCCC)c2)=CC1)c1ccc(Cc2cccc(C(C)CC(C)CC)c2)cc1. The zero-order valence-corrected chi connectivity index (χ0v) is 25.0. The van der Waals surface area contributed by atoms with E-state index in [0.717, 1.165) is 25.2 Å². The number of allylic oxidation sites excluding steroid dienone is 5. The Morgan fingerprint density at radius 2 is 1.72 bits per heavy atom. The van der Waals surface area contributed by atoms with E-state index in [1.165, 1.54) is 87.8 Å². The maximum absolute atomic E-state index is 4.46. The Labute approximate surface area is 238 Å². The molecule has 0 bridgehead atoms. The zero-order valence-electron chi connectivity index (χ0n) is 25.0. The predicted octanol–water partition coefficient (Wildman–Crippen LogP) is 11.3. The third-order valence-electron chi connectivity index (χ3n) is 8.61. The molecule has 0 saturated heterocycles. The zero-order chi connectivity index (χ0) is 27.8. The van der Waals surface area contributed by atoms with Gasteiger partial charge in [-0.15, -0.1) is 0 Å². The normalized spacial score (nSPS) is 14.6. The Bertz CT molecular complexity index is 1310. The van der Waals surface area contributed by atoms with E-state index in [9.17, 15) is 0 Å². The van der Waals surface area contributed by atoms with Crippen molar-refractivity contribution in [1.29, 1.82) is 0 Å². The molecule has 0 aliphatic heterocycles. The van der Waals surface area contributed by atoms with E-state index in [4.69, 9.17) is 0 Å². The molecular formula is C39H48. The predicted molar refractivity (Wildman–Crippen MR) is 172 cm³/mol. The molecule has 0 aromatic heterocycles. The van der Waals surface area contributed by atoms with Crippen LogP contribution in [0.15, 0.2) is 91.0 Å². The Morgan fingerprint density at radius 3 is 2.46 bits per heavy atom. The van der Waals surface area contributed by atoms with Crippen LogP contribution >= 0.6 is 0 Å². The molecule has 0 saturated carbocycles. The largest absolute Gasteiger partial charge is 0.0949 e. The number of rotatable bonds is 13. The van der Waals surface area contributed by atoms with Crippen LogP contribution in [-0.2, 0) is 12.8 Å². The molecule has 4 rings (SSSR count). The molecule has 1 aliphatic carbocycles. The van der Waals surface area contributed by atoms with Crippen LogP contribution < -0.4 is 0 Å². The molecule has 2 unspecified atom stereocenters. The van der Waals surface area contributed by atoms with Crippen molar-refractivity contribution in [3.63, 3.8) is 0 Å². The molecule has 0 heterocycles. The van der Waals surface area contributed by atoms with Gasteiger partial charge < -0.3 is 0 Å². The van der Waals surface area contributed by atoms with Crippen molar-refractivity contribution >= 4 is 11.1 Å². The van der Waals surface area contributed by atoms with Gasteiger partial charge in [0.2, 0.25) is 0 Å². The second-order valence-electron chi connectivity index (χ2n) is 12.0. The van der Waals surface area contributed by atoms with Crippen molar-refractivity contribution in [1.82, 2.24) is 0 Å². The first-order valence-corrected chi connectivity index (χ1v) is 15.2. The quantitative estimate of drug-likeness (QED) is 0.212. The molecule has 39 heavy (non-hydrogen) atoms. The van der Waals surface area contributed by atoms with Crippen LogP contribution in [0.3, 0.4) is 0 Å². The van der Waals surface area contributed by atoms with Gasteiger partial charge in [0.15, 0.2) is 0 Å². The van der Waals surface area contributed by atoms with E-state index in [0.29, 0.717) is 5.92 Å². The van der Waals surface area contributed by atoms with E-state index in [2.05, 4.69) is 120 Å². The summed E-state index contributed by atoms with van der Waals surface area (Å²) in [5, 5.41) is 0. The molecular weight excluding hydrogens is 468 g/mol. The first-order chi connectivity index (χ1) is 18.9. The van der Waals surface area contributed by atoms with Crippen molar-refractivity contribution in [3.05, 3.63) is 130 Å². The van der Waals surface area contributed by atoms with E-state index < -0.39 is 0 Å². The summed E-state index contributed by atoms with van der Waals surface area (Å²) in [6, 6.07) is 25.3. The van der Waals surface area contributed by atoms with E-state index in [1.54, 1.807) is 0 Å². The highest BCUT2D eigenvalue weighted by molar-refractivity contribution is 5.79. The summed E-state index contributed by atoms with van der Waals surface area (Å²) >= 11 is 0. The molecule has 2 atom stereocenters. The van der Waals surface area contributed by atoms with E-state index in [-0.39, 0.29) is 0 Å². The minimum absolute atomic E-state index is 0.611. The fraction of sp³-hybridized carbons (Fsp3) is 0.385. The monoisotopic (exact) mass is 516 g/mol. The Morgan fingerprint density at radius 1 is 0.923 bits per heavy atom. The van der Waals surface area contributed by atoms with Gasteiger partial charge in [0.1, 0.15) is 0 Å². The van der Waals surface area contributed by atoms with Crippen LogP contribution in [0, 0.1) is 12.8 Å². The first kappa shape index (κ1) is 28.9. The average molecular weight is 517 g/mol. The molecule has 0 fully saturated rings. The van der Waals surface area contributed by atoms with Crippen LogP contribution in [0.1, 0.15) is 111 Å². The lowest BCUT2D eigenvalue weighted by atomic mass is 9.88. The van der Waals surface area contributed by atoms with Crippen LogP contribution in [-0.4, -0.2) is 0 Å². The van der Waals surface area contributed by atoms with Gasteiger partial charge in [0.05, 0.1) is 0 Å². The number of hydrogen-bond acceptors (Lipinski definition) is 0. The topological polar surface area (TPSA) is 0 Å². The standard InChI is InChI=1S/C39H48/c1-7-9-12-37-27-39(18-14-29(37)4)38-21-17-34(26-38)23-31(6)35-19-15-32(16-20-35)24-33-11-10-13-36(25-33)30(5)22-28(3)8-2/h10-11,13-16,18-21,25-28,30H,6-9,12,17,22-24H2,1-5H3. The molecule has 1 aliphatic rings. The van der Waals surface area contributed by atoms with E-state index >= 15 is 0 Å². The van der Waals surface area contributed by atoms with Gasteiger partial charge in [-0.05, 0) is 107 Å². The summed E-state index contributed by atoms with van der Waals surface area (Å²) in [4.78, 5) is 0. The number of benzene rings is 3. The van der Waals surface area contributed by atoms with Crippen molar-refractivity contribution in [2.75, 3.05) is 0 Å². The molecule has 0 nitrogen and oxygen atoms in total. The van der Waals surface area contributed by atoms with Gasteiger partial charge in [-0.1, -0.05) is 132 Å². The van der Waals surface area contributed by atoms with Crippen molar-refractivity contribution in [2.45, 2.75) is 91.9 Å². The summed E-state index contributed by atoms with van der Waals surface area (Å²) in [6.45, 7) is 16.0. The van der Waals surface area contributed by atoms with Gasteiger partial charge in [0, 0.05) is 0 Å². The highest BCUT2D eigenvalue weighted by Crippen LogP contribution is 2.33. The Balaban J connectivity index is 1.35. The highest BCUT2D eigenvalue weighted by atomic mass is 14.2. The molecule has 3 aromatic carbocycles. The Hall–Kier alpha value is -3.12. The summed E-state index contributed by atoms with van der Waals surface area (Å²) in [5.41, 5.74) is 13.8. The smallest absolute Gasteiger partial charge is 0.00257 e. The number of hydrogen-bond donors (Lipinski definition) is 0. The molecule has 0 N–H and O–H groups in total. The minimum atomic E-state index is 0.611. The minimum Gasteiger partial charge on any atom is -0.0949 e. The molecule has 204 valence electrons. The fourth-order valence-electron chi connectivity index (χ4n) is 5.78. The molecule has 0 heteroatoms. The molecule has 3 aromatic rings. The lowest BCUT2D eigenvalue weighted by molar-refractivity contribution is 0.471. The van der Waals surface area contributed by atoms with Gasteiger partial charge in [-0.3, -0.25) is 0 Å². The van der Waals surface area contributed by atoms with E-state index in [1.807, 2.05) is 0 Å². The van der Waals surface area contributed by atoms with Gasteiger partial charge >= 0.3 is 0 Å². The summed E-state index contributed by atoms with van der Waals surface area (Å²) in [5.74, 6) is 1.39. The highest BCUT2D eigenvalue weighted by Gasteiger charge is 2.13. The second-order valence-corrected chi connectivity index (χ2v) is 12.0. The van der Waals surface area contributed by atoms with Crippen molar-refractivity contribution in [3.8, 4) is 0 Å². The third-order valence-corrected chi connectivity index (χ3v) is 8.61. The third kappa shape index (κ3) is 7.95.